The summed E-state index contributed by atoms with van der Waals surface area (Å²) >= 11 is 6.16. The van der Waals surface area contributed by atoms with Crippen molar-refractivity contribution in [3.8, 4) is 0 Å². The number of amides is 2. The fourth-order valence-electron chi connectivity index (χ4n) is 3.25. The molecular weight excluding hydrogens is 380 g/mol. The maximum absolute atomic E-state index is 12.2. The first kappa shape index (κ1) is 22.3. The normalized spacial score (nSPS) is 17.8. The minimum Gasteiger partial charge on any atom is -0.444 e. The van der Waals surface area contributed by atoms with Crippen LogP contribution in [0.15, 0.2) is 6.08 Å². The van der Waals surface area contributed by atoms with Crippen LogP contribution >= 0.6 is 11.6 Å². The van der Waals surface area contributed by atoms with Crippen LogP contribution in [0, 0.1) is 12.8 Å². The monoisotopic (exact) mass is 410 g/mol. The van der Waals surface area contributed by atoms with E-state index >= 15 is 0 Å². The van der Waals surface area contributed by atoms with E-state index < -0.39 is 5.60 Å². The standard InChI is InChI=1S/C20H31ClN4O3/c1-14-16(18(21)24(5)23-14)8-9-17(26)22-11-10-15-7-6-12-25(13-15)19(27)28-20(2,3)4/h8-9,15H,6-7,10-13H2,1-5H3,(H,22,26)/b9-8+. The summed E-state index contributed by atoms with van der Waals surface area (Å²) in [7, 11) is 1.76. The fraction of sp³-hybridized carbons (Fsp3) is 0.650. The Morgan fingerprint density at radius 3 is 2.71 bits per heavy atom. The lowest BCUT2D eigenvalue weighted by Crippen LogP contribution is -2.43. The Bertz CT molecular complexity index is 737. The summed E-state index contributed by atoms with van der Waals surface area (Å²) in [5, 5.41) is 7.62. The van der Waals surface area contributed by atoms with Gasteiger partial charge in [-0.2, -0.15) is 5.10 Å². The quantitative estimate of drug-likeness (QED) is 0.753. The molecule has 1 aromatic rings. The molecule has 1 fully saturated rings. The largest absolute Gasteiger partial charge is 0.444 e. The van der Waals surface area contributed by atoms with Gasteiger partial charge in [0.2, 0.25) is 5.91 Å². The van der Waals surface area contributed by atoms with Crippen LogP contribution < -0.4 is 5.32 Å². The minimum absolute atomic E-state index is 0.167. The second-order valence-electron chi connectivity index (χ2n) is 8.26. The maximum Gasteiger partial charge on any atom is 0.410 e. The molecule has 0 saturated carbocycles. The lowest BCUT2D eigenvalue weighted by Gasteiger charge is -2.34. The number of hydrogen-bond acceptors (Lipinski definition) is 4. The van der Waals surface area contributed by atoms with E-state index in [9.17, 15) is 9.59 Å². The van der Waals surface area contributed by atoms with Gasteiger partial charge < -0.3 is 15.0 Å². The summed E-state index contributed by atoms with van der Waals surface area (Å²) < 4.78 is 7.03. The highest BCUT2D eigenvalue weighted by molar-refractivity contribution is 6.31. The molecule has 7 nitrogen and oxygen atoms in total. The zero-order valence-corrected chi connectivity index (χ0v) is 18.2. The van der Waals surface area contributed by atoms with Gasteiger partial charge in [-0.25, -0.2) is 4.79 Å². The van der Waals surface area contributed by atoms with Crippen molar-refractivity contribution in [2.45, 2.75) is 52.6 Å². The van der Waals surface area contributed by atoms with Gasteiger partial charge in [-0.3, -0.25) is 9.48 Å². The molecule has 1 N–H and O–H groups in total. The summed E-state index contributed by atoms with van der Waals surface area (Å²) in [4.78, 5) is 26.1. The van der Waals surface area contributed by atoms with Gasteiger partial charge in [0.25, 0.3) is 0 Å². The Labute approximate surface area is 172 Å². The molecule has 2 amide bonds. The smallest absolute Gasteiger partial charge is 0.410 e. The lowest BCUT2D eigenvalue weighted by atomic mass is 9.95. The molecule has 0 radical (unpaired) electrons. The van der Waals surface area contributed by atoms with Crippen LogP contribution in [-0.4, -0.2) is 51.9 Å². The molecule has 2 rings (SSSR count). The van der Waals surface area contributed by atoms with Crippen molar-refractivity contribution >= 4 is 29.7 Å². The molecule has 0 aromatic carbocycles. The van der Waals surface area contributed by atoms with Crippen LogP contribution in [-0.2, 0) is 16.6 Å². The number of likely N-dealkylation sites (tertiary alicyclic amines) is 1. The Hall–Kier alpha value is -2.02. The van der Waals surface area contributed by atoms with E-state index in [0.717, 1.165) is 37.1 Å². The number of nitrogens with zero attached hydrogens (tertiary/aromatic N) is 3. The number of ether oxygens (including phenoxy) is 1. The average Bonchev–Trinajstić information content (AvgIpc) is 2.84. The van der Waals surface area contributed by atoms with Gasteiger partial charge in [0.15, 0.2) is 0 Å². The topological polar surface area (TPSA) is 76.5 Å². The van der Waals surface area contributed by atoms with E-state index in [2.05, 4.69) is 10.4 Å². The van der Waals surface area contributed by atoms with Gasteiger partial charge >= 0.3 is 6.09 Å². The summed E-state index contributed by atoms with van der Waals surface area (Å²) in [6.07, 6.45) is 5.74. The van der Waals surface area contributed by atoms with Crippen LogP contribution in [0.4, 0.5) is 4.79 Å². The molecule has 0 aliphatic carbocycles. The first-order chi connectivity index (χ1) is 13.1. The summed E-state index contributed by atoms with van der Waals surface area (Å²) in [5.74, 6) is 0.194. The molecule has 0 bridgehead atoms. The van der Waals surface area contributed by atoms with Gasteiger partial charge in [-0.05, 0) is 59.0 Å². The van der Waals surface area contributed by atoms with Crippen molar-refractivity contribution in [1.82, 2.24) is 20.0 Å². The van der Waals surface area contributed by atoms with Crippen LogP contribution in [0.5, 0.6) is 0 Å². The van der Waals surface area contributed by atoms with Crippen LogP contribution in [0.3, 0.4) is 0 Å². The predicted octanol–water partition coefficient (Wildman–Crippen LogP) is 3.55. The third-order valence-corrected chi connectivity index (χ3v) is 5.07. The van der Waals surface area contributed by atoms with Gasteiger partial charge in [0.05, 0.1) is 5.69 Å². The average molecular weight is 411 g/mol. The first-order valence-corrected chi connectivity index (χ1v) is 10.1. The van der Waals surface area contributed by atoms with E-state index in [0.29, 0.717) is 24.2 Å². The highest BCUT2D eigenvalue weighted by Crippen LogP contribution is 2.22. The molecule has 1 aliphatic rings. The van der Waals surface area contributed by atoms with Gasteiger partial charge in [-0.1, -0.05) is 11.6 Å². The highest BCUT2D eigenvalue weighted by Gasteiger charge is 2.27. The number of carbonyl (C=O) groups excluding carboxylic acids is 2. The van der Waals surface area contributed by atoms with E-state index in [4.69, 9.17) is 16.3 Å². The lowest BCUT2D eigenvalue weighted by molar-refractivity contribution is -0.116. The number of aryl methyl sites for hydroxylation is 2. The zero-order chi connectivity index (χ0) is 20.9. The second-order valence-corrected chi connectivity index (χ2v) is 8.62. The van der Waals surface area contributed by atoms with Crippen molar-refractivity contribution in [3.05, 3.63) is 22.5 Å². The van der Waals surface area contributed by atoms with E-state index in [1.807, 2.05) is 27.7 Å². The molecule has 0 spiro atoms. The molecule has 1 saturated heterocycles. The minimum atomic E-state index is -0.486. The summed E-state index contributed by atoms with van der Waals surface area (Å²) in [5.41, 5.74) is 1.04. The Kier molecular flexibility index (Phi) is 7.52. The van der Waals surface area contributed by atoms with Gasteiger partial charge in [0.1, 0.15) is 10.8 Å². The van der Waals surface area contributed by atoms with Crippen molar-refractivity contribution < 1.29 is 14.3 Å². The molecule has 2 heterocycles. The fourth-order valence-corrected chi connectivity index (χ4v) is 3.48. The number of piperidine rings is 1. The van der Waals surface area contributed by atoms with E-state index in [1.54, 1.807) is 22.7 Å². The molecule has 1 aromatic heterocycles. The number of carbonyl (C=O) groups is 2. The summed E-state index contributed by atoms with van der Waals surface area (Å²) in [6.45, 7) is 9.43. The Balaban J connectivity index is 1.77. The van der Waals surface area contributed by atoms with E-state index in [1.165, 1.54) is 6.08 Å². The van der Waals surface area contributed by atoms with Crippen LogP contribution in [0.1, 0.15) is 51.3 Å². The molecule has 8 heteroatoms. The molecule has 1 aliphatic heterocycles. The number of halogens is 1. The van der Waals surface area contributed by atoms with Crippen LogP contribution in [0.25, 0.3) is 6.08 Å². The second kappa shape index (κ2) is 9.45. The molecule has 156 valence electrons. The number of rotatable bonds is 5. The van der Waals surface area contributed by atoms with Crippen molar-refractivity contribution in [3.63, 3.8) is 0 Å². The third-order valence-electron chi connectivity index (χ3n) is 4.62. The Morgan fingerprint density at radius 1 is 1.39 bits per heavy atom. The molecule has 28 heavy (non-hydrogen) atoms. The van der Waals surface area contributed by atoms with Crippen LogP contribution in [0.2, 0.25) is 5.15 Å². The molecular formula is C20H31ClN4O3. The number of nitrogens with one attached hydrogen (secondary N) is 1. The highest BCUT2D eigenvalue weighted by atomic mass is 35.5. The van der Waals surface area contributed by atoms with Gasteiger partial charge in [0, 0.05) is 38.3 Å². The predicted molar refractivity (Wildman–Crippen MR) is 110 cm³/mol. The molecule has 1 unspecified atom stereocenters. The number of aromatic nitrogens is 2. The SMILES string of the molecule is Cc1nn(C)c(Cl)c1/C=C/C(=O)NCCC1CCCN(C(=O)OC(C)(C)C)C1. The number of hydrogen-bond donors (Lipinski definition) is 1. The van der Waals surface area contributed by atoms with Crippen molar-refractivity contribution in [2.75, 3.05) is 19.6 Å². The van der Waals surface area contributed by atoms with Crippen molar-refractivity contribution in [1.29, 1.82) is 0 Å². The maximum atomic E-state index is 12.2. The van der Waals surface area contributed by atoms with E-state index in [-0.39, 0.29) is 12.0 Å². The third kappa shape index (κ3) is 6.55. The summed E-state index contributed by atoms with van der Waals surface area (Å²) in [6, 6.07) is 0. The van der Waals surface area contributed by atoms with Gasteiger partial charge in [-0.15, -0.1) is 0 Å². The zero-order valence-electron chi connectivity index (χ0n) is 17.4. The first-order valence-electron chi connectivity index (χ1n) is 9.69. The Morgan fingerprint density at radius 2 is 2.11 bits per heavy atom. The molecule has 1 atom stereocenters. The van der Waals surface area contributed by atoms with Crippen molar-refractivity contribution in [2.24, 2.45) is 13.0 Å².